The molecule has 8 heteroatoms. The average molecular weight is 354 g/mol. The molecule has 0 saturated carbocycles. The largest absolute Gasteiger partial charge is 0.480 e. The second kappa shape index (κ2) is 7.76. The first-order valence-electron chi connectivity index (χ1n) is 7.89. The fourth-order valence-corrected chi connectivity index (χ4v) is 4.36. The summed E-state index contributed by atoms with van der Waals surface area (Å²) >= 11 is 0. The van der Waals surface area contributed by atoms with Gasteiger partial charge in [0.05, 0.1) is 5.75 Å². The Balaban J connectivity index is 2.11. The third kappa shape index (κ3) is 4.33. The first-order valence-corrected chi connectivity index (χ1v) is 9.50. The molecule has 0 radical (unpaired) electrons. The van der Waals surface area contributed by atoms with E-state index in [2.05, 4.69) is 0 Å². The molecule has 1 atom stereocenters. The lowest BCUT2D eigenvalue weighted by Gasteiger charge is -2.27. The normalized spacial score (nSPS) is 18.2. The molecule has 1 amide bonds. The number of carbonyl (C=O) groups is 2. The number of hydrogen-bond acceptors (Lipinski definition) is 4. The SMILES string of the molecule is CCC(C(=O)O)N1CCN(S(=O)(=O)Cc2ccccc2)CCC1=O. The van der Waals surface area contributed by atoms with Gasteiger partial charge in [-0.2, -0.15) is 4.31 Å². The number of carbonyl (C=O) groups excluding carboxylic acids is 1. The first-order chi connectivity index (χ1) is 11.3. The van der Waals surface area contributed by atoms with Crippen molar-refractivity contribution in [3.8, 4) is 0 Å². The predicted molar refractivity (Wildman–Crippen MR) is 88.7 cm³/mol. The van der Waals surface area contributed by atoms with Crippen LogP contribution in [0.1, 0.15) is 25.3 Å². The molecular weight excluding hydrogens is 332 g/mol. The second-order valence-electron chi connectivity index (χ2n) is 5.74. The minimum atomic E-state index is -3.55. The van der Waals surface area contributed by atoms with Gasteiger partial charge < -0.3 is 10.0 Å². The van der Waals surface area contributed by atoms with Crippen molar-refractivity contribution in [2.45, 2.75) is 31.6 Å². The van der Waals surface area contributed by atoms with Crippen LogP contribution < -0.4 is 0 Å². The van der Waals surface area contributed by atoms with Crippen LogP contribution in [0, 0.1) is 0 Å². The van der Waals surface area contributed by atoms with E-state index in [9.17, 15) is 23.1 Å². The Bertz CT molecular complexity index is 690. The minimum Gasteiger partial charge on any atom is -0.480 e. The molecule has 1 unspecified atom stereocenters. The van der Waals surface area contributed by atoms with Gasteiger partial charge in [-0.15, -0.1) is 0 Å². The number of carboxylic acids is 1. The lowest BCUT2D eigenvalue weighted by Crippen LogP contribution is -2.46. The van der Waals surface area contributed by atoms with Crippen molar-refractivity contribution in [2.24, 2.45) is 0 Å². The molecule has 1 aromatic carbocycles. The van der Waals surface area contributed by atoms with Gasteiger partial charge in [0.25, 0.3) is 0 Å². The molecule has 1 heterocycles. The molecule has 0 spiro atoms. The molecule has 0 aromatic heterocycles. The Kier molecular flexibility index (Phi) is 5.95. The molecule has 7 nitrogen and oxygen atoms in total. The maximum atomic E-state index is 12.6. The first kappa shape index (κ1) is 18.4. The number of nitrogens with zero attached hydrogens (tertiary/aromatic N) is 2. The van der Waals surface area contributed by atoms with Gasteiger partial charge in [-0.25, -0.2) is 13.2 Å². The van der Waals surface area contributed by atoms with Crippen molar-refractivity contribution in [2.75, 3.05) is 19.6 Å². The number of carboxylic acid groups (broad SMARTS) is 1. The van der Waals surface area contributed by atoms with Gasteiger partial charge in [0.15, 0.2) is 0 Å². The van der Waals surface area contributed by atoms with Crippen molar-refractivity contribution >= 4 is 21.9 Å². The zero-order chi connectivity index (χ0) is 17.7. The van der Waals surface area contributed by atoms with Gasteiger partial charge in [-0.1, -0.05) is 37.3 Å². The van der Waals surface area contributed by atoms with E-state index >= 15 is 0 Å². The molecule has 1 fully saturated rings. The van der Waals surface area contributed by atoms with Crippen LogP contribution in [0.25, 0.3) is 0 Å². The molecule has 1 aliphatic rings. The maximum absolute atomic E-state index is 12.6. The molecule has 0 bridgehead atoms. The summed E-state index contributed by atoms with van der Waals surface area (Å²) in [6.07, 6.45) is 0.287. The van der Waals surface area contributed by atoms with Gasteiger partial charge >= 0.3 is 5.97 Å². The van der Waals surface area contributed by atoms with Crippen molar-refractivity contribution < 1.29 is 23.1 Å². The van der Waals surface area contributed by atoms with E-state index in [4.69, 9.17) is 0 Å². The minimum absolute atomic E-state index is 0.00218. The van der Waals surface area contributed by atoms with Crippen molar-refractivity contribution in [1.82, 2.24) is 9.21 Å². The highest BCUT2D eigenvalue weighted by molar-refractivity contribution is 7.88. The molecule has 1 aliphatic heterocycles. The third-order valence-electron chi connectivity index (χ3n) is 4.12. The molecular formula is C16H22N2O5S. The van der Waals surface area contributed by atoms with Gasteiger partial charge in [-0.3, -0.25) is 4.79 Å². The summed E-state index contributed by atoms with van der Waals surface area (Å²) in [6.45, 7) is 1.99. The summed E-state index contributed by atoms with van der Waals surface area (Å²) < 4.78 is 26.4. The lowest BCUT2D eigenvalue weighted by atomic mass is 10.2. The van der Waals surface area contributed by atoms with E-state index < -0.39 is 22.0 Å². The predicted octanol–water partition coefficient (Wildman–Crippen LogP) is 0.914. The molecule has 0 aliphatic carbocycles. The quantitative estimate of drug-likeness (QED) is 0.819. The molecule has 132 valence electrons. The standard InChI is InChI=1S/C16H22N2O5S/c1-2-14(16(20)21)18-11-10-17(9-8-15(18)19)24(22,23)12-13-6-4-3-5-7-13/h3-7,14H,2,8-12H2,1H3,(H,20,21). The fraction of sp³-hybridized carbons (Fsp3) is 0.500. The van der Waals surface area contributed by atoms with Crippen LogP contribution in [-0.2, 0) is 25.4 Å². The number of rotatable bonds is 6. The zero-order valence-electron chi connectivity index (χ0n) is 13.6. The van der Waals surface area contributed by atoms with Crippen LogP contribution >= 0.6 is 0 Å². The second-order valence-corrected chi connectivity index (χ2v) is 7.71. The maximum Gasteiger partial charge on any atom is 0.326 e. The van der Waals surface area contributed by atoms with Crippen LogP contribution in [0.15, 0.2) is 30.3 Å². The van der Waals surface area contributed by atoms with Gasteiger partial charge in [-0.05, 0) is 12.0 Å². The van der Waals surface area contributed by atoms with Gasteiger partial charge in [0, 0.05) is 26.1 Å². The Hall–Kier alpha value is -1.93. The van der Waals surface area contributed by atoms with Crippen LogP contribution in [0.2, 0.25) is 0 Å². The zero-order valence-corrected chi connectivity index (χ0v) is 14.4. The lowest BCUT2D eigenvalue weighted by molar-refractivity contribution is -0.149. The highest BCUT2D eigenvalue weighted by Crippen LogP contribution is 2.17. The monoisotopic (exact) mass is 354 g/mol. The fourth-order valence-electron chi connectivity index (χ4n) is 2.83. The van der Waals surface area contributed by atoms with Crippen LogP contribution in [-0.4, -0.2) is 60.3 Å². The van der Waals surface area contributed by atoms with Gasteiger partial charge in [0.2, 0.25) is 15.9 Å². The van der Waals surface area contributed by atoms with Crippen LogP contribution in [0.5, 0.6) is 0 Å². The van der Waals surface area contributed by atoms with E-state index in [-0.39, 0.29) is 44.1 Å². The summed E-state index contributed by atoms with van der Waals surface area (Å²) in [4.78, 5) is 24.8. The summed E-state index contributed by atoms with van der Waals surface area (Å²) in [6, 6.07) is 7.94. The summed E-state index contributed by atoms with van der Waals surface area (Å²) in [5.41, 5.74) is 0.682. The molecule has 24 heavy (non-hydrogen) atoms. The van der Waals surface area contributed by atoms with E-state index in [1.807, 2.05) is 6.07 Å². The number of sulfonamides is 1. The van der Waals surface area contributed by atoms with Crippen molar-refractivity contribution in [3.63, 3.8) is 0 Å². The van der Waals surface area contributed by atoms with Gasteiger partial charge in [0.1, 0.15) is 6.04 Å². The van der Waals surface area contributed by atoms with Crippen molar-refractivity contribution in [3.05, 3.63) is 35.9 Å². The van der Waals surface area contributed by atoms with E-state index in [1.165, 1.54) is 9.21 Å². The molecule has 1 aromatic rings. The highest BCUT2D eigenvalue weighted by Gasteiger charge is 2.33. The number of hydrogen-bond donors (Lipinski definition) is 1. The number of amides is 1. The van der Waals surface area contributed by atoms with E-state index in [0.29, 0.717) is 5.56 Å². The van der Waals surface area contributed by atoms with Crippen LogP contribution in [0.4, 0.5) is 0 Å². The topological polar surface area (TPSA) is 95.0 Å². The Morgan fingerprint density at radius 3 is 2.46 bits per heavy atom. The third-order valence-corrected chi connectivity index (χ3v) is 5.97. The number of benzene rings is 1. The Morgan fingerprint density at radius 2 is 1.88 bits per heavy atom. The van der Waals surface area contributed by atoms with Crippen molar-refractivity contribution in [1.29, 1.82) is 0 Å². The average Bonchev–Trinajstić information content (AvgIpc) is 2.71. The molecule has 1 N–H and O–H groups in total. The molecule has 2 rings (SSSR count). The Morgan fingerprint density at radius 1 is 1.21 bits per heavy atom. The summed E-state index contributed by atoms with van der Waals surface area (Å²) in [5, 5.41) is 9.23. The summed E-state index contributed by atoms with van der Waals surface area (Å²) in [5.74, 6) is -1.51. The number of aliphatic carboxylic acids is 1. The van der Waals surface area contributed by atoms with Crippen LogP contribution in [0.3, 0.4) is 0 Å². The molecule has 1 saturated heterocycles. The Labute approximate surface area is 141 Å². The smallest absolute Gasteiger partial charge is 0.326 e. The van der Waals surface area contributed by atoms with E-state index in [0.717, 1.165) is 0 Å². The highest BCUT2D eigenvalue weighted by atomic mass is 32.2. The summed E-state index contributed by atoms with van der Waals surface area (Å²) in [7, 11) is -3.55. The van der Waals surface area contributed by atoms with E-state index in [1.54, 1.807) is 31.2 Å².